The number of rotatable bonds is 12. The maximum absolute atomic E-state index is 2.68. The molecule has 90 heavy (non-hydrogen) atoms. The first-order valence-electron chi connectivity index (χ1n) is 32.9. The highest BCUT2D eigenvalue weighted by Gasteiger charge is 2.34. The lowest BCUT2D eigenvalue weighted by Gasteiger charge is -2.30. The van der Waals surface area contributed by atoms with Gasteiger partial charge < -0.3 is 18.6 Å². The summed E-state index contributed by atoms with van der Waals surface area (Å²) in [5, 5.41) is 9.98. The van der Waals surface area contributed by atoms with E-state index in [2.05, 4.69) is 311 Å². The molecule has 11 aromatic carbocycles. The molecule has 4 heteroatoms. The number of hydrogen-bond acceptors (Lipinski definition) is 2. The zero-order valence-corrected chi connectivity index (χ0v) is 55.4. The third-order valence-corrected chi connectivity index (χ3v) is 20.3. The molecular weight excluding hydrogens is 1090 g/mol. The zero-order chi connectivity index (χ0) is 62.6. The van der Waals surface area contributed by atoms with Gasteiger partial charge in [-0.2, -0.15) is 0 Å². The van der Waals surface area contributed by atoms with Crippen molar-refractivity contribution in [1.29, 1.82) is 0 Å². The zero-order valence-electron chi connectivity index (χ0n) is 55.4. The fraction of sp³-hybridized carbons (Fsp3) is 0.233. The number of aryl methyl sites for hydroxylation is 8. The van der Waals surface area contributed by atoms with Crippen LogP contribution in [0.3, 0.4) is 0 Å². The molecule has 15 rings (SSSR count). The Kier molecular flexibility index (Phi) is 13.4. The lowest BCUT2D eigenvalue weighted by atomic mass is 9.89. The summed E-state index contributed by atoms with van der Waals surface area (Å²) in [6, 6.07) is 70.6. The van der Waals surface area contributed by atoms with Crippen LogP contribution >= 0.6 is 0 Å². The van der Waals surface area contributed by atoms with E-state index in [0.717, 1.165) is 0 Å². The van der Waals surface area contributed by atoms with Crippen molar-refractivity contribution in [3.63, 3.8) is 0 Å². The Morgan fingerprint density at radius 3 is 0.811 bits per heavy atom. The minimum atomic E-state index is 0.407. The summed E-state index contributed by atoms with van der Waals surface area (Å²) in [6.45, 7) is 37.1. The molecule has 0 spiro atoms. The van der Waals surface area contributed by atoms with Gasteiger partial charge in [0.25, 0.3) is 0 Å². The van der Waals surface area contributed by atoms with Crippen molar-refractivity contribution in [3.8, 4) is 22.3 Å². The van der Waals surface area contributed by atoms with Crippen LogP contribution in [-0.2, 0) is 0 Å². The third-order valence-electron chi connectivity index (χ3n) is 20.3. The Labute approximate surface area is 531 Å². The lowest BCUT2D eigenvalue weighted by molar-refractivity contribution is 0.844. The van der Waals surface area contributed by atoms with Crippen LogP contribution in [0.4, 0.5) is 34.1 Å². The summed E-state index contributed by atoms with van der Waals surface area (Å²) in [7, 11) is 0. The Balaban J connectivity index is 1.13. The van der Waals surface area contributed by atoms with Gasteiger partial charge in [-0.05, 0) is 230 Å². The van der Waals surface area contributed by atoms with E-state index in [4.69, 9.17) is 0 Å². The second-order valence-electron chi connectivity index (χ2n) is 27.6. The quantitative estimate of drug-likeness (QED) is 0.121. The van der Waals surface area contributed by atoms with E-state index in [1.807, 2.05) is 0 Å². The monoisotopic (exact) mass is 1170 g/mol. The Hall–Kier alpha value is -9.38. The number of anilines is 6. The molecule has 0 saturated carbocycles. The molecule has 0 atom stereocenters. The summed E-state index contributed by atoms with van der Waals surface area (Å²) in [5.41, 5.74) is 35.5. The normalized spacial score (nSPS) is 12.4. The first-order valence-corrected chi connectivity index (χ1v) is 32.9. The van der Waals surface area contributed by atoms with Gasteiger partial charge in [0, 0.05) is 77.0 Å². The van der Waals surface area contributed by atoms with Gasteiger partial charge in [0.15, 0.2) is 0 Å². The molecule has 0 aliphatic heterocycles. The molecule has 0 aliphatic carbocycles. The number of hydrogen-bond donors (Lipinski definition) is 0. The highest BCUT2D eigenvalue weighted by molar-refractivity contribution is 6.39. The Morgan fingerprint density at radius 2 is 0.533 bits per heavy atom. The minimum absolute atomic E-state index is 0.407. The predicted octanol–water partition coefficient (Wildman–Crippen LogP) is 25.2. The molecule has 4 nitrogen and oxygen atoms in total. The van der Waals surface area contributed by atoms with Crippen molar-refractivity contribution in [2.75, 3.05) is 9.80 Å². The summed E-state index contributed by atoms with van der Waals surface area (Å²) in [6.07, 6.45) is 0. The van der Waals surface area contributed by atoms with Crippen LogP contribution < -0.4 is 9.80 Å². The van der Waals surface area contributed by atoms with Gasteiger partial charge in [0.2, 0.25) is 0 Å². The molecule has 0 amide bonds. The minimum Gasteiger partial charge on any atom is -0.310 e. The van der Waals surface area contributed by atoms with Gasteiger partial charge in [-0.3, -0.25) is 0 Å². The molecule has 0 aliphatic rings. The van der Waals surface area contributed by atoms with E-state index in [0.29, 0.717) is 23.7 Å². The summed E-state index contributed by atoms with van der Waals surface area (Å²) < 4.78 is 5.36. The fourth-order valence-corrected chi connectivity index (χ4v) is 17.7. The summed E-state index contributed by atoms with van der Waals surface area (Å²) >= 11 is 0. The second kappa shape index (κ2) is 21.1. The molecule has 0 bridgehead atoms. The van der Waals surface area contributed by atoms with Gasteiger partial charge in [-0.1, -0.05) is 165 Å². The molecule has 0 saturated heterocycles. The molecule has 0 N–H and O–H groups in total. The molecular formula is C86H82N4. The average Bonchev–Trinajstić information content (AvgIpc) is 1.49. The standard InChI is InChI=1S/C86H82N4/c1-47(2)73-51(9)39-61(40-52(73)10)87(62-41-53(11)74(48(3)4)54(12)42-62)71-37-35-67-81-77(59-27-19-17-20-28-59)86-82(78(60-29-21-18-22-30-60)85(81)89-69-33-25-23-31-65(69)79(71)83(67)89)68-36-38-72(80-66-32-24-26-34-70(66)90(86)84(68)80)88(63-43-55(13)75(49(5)6)56(14)44-63)64-45-57(15)76(50(7)8)58(16)46-64/h17-50H,1-16H3. The van der Waals surface area contributed by atoms with Gasteiger partial charge in [0.1, 0.15) is 0 Å². The Bertz CT molecular complexity index is 4840. The van der Waals surface area contributed by atoms with Crippen LogP contribution in [-0.4, -0.2) is 8.80 Å². The Morgan fingerprint density at radius 1 is 0.267 bits per heavy atom. The second-order valence-corrected chi connectivity index (χ2v) is 27.6. The van der Waals surface area contributed by atoms with Crippen molar-refractivity contribution in [2.45, 2.75) is 134 Å². The molecule has 4 heterocycles. The summed E-state index contributed by atoms with van der Waals surface area (Å²) in [5.74, 6) is 1.63. The molecule has 446 valence electrons. The molecule has 0 fully saturated rings. The first kappa shape index (κ1) is 57.1. The van der Waals surface area contributed by atoms with E-state index >= 15 is 0 Å². The van der Waals surface area contributed by atoms with Crippen LogP contribution in [0.2, 0.25) is 0 Å². The number of fused-ring (bicyclic) bond motifs is 12. The van der Waals surface area contributed by atoms with E-state index in [-0.39, 0.29) is 0 Å². The SMILES string of the molecule is Cc1cc(N(c2cc(C)c(C(C)C)c(C)c2)c2ccc3c4c(-c5ccccc5)c5c(c(-c6ccccc6)c4n4c6ccccc6c2c34)c2ccc(N(c3cc(C)c(C(C)C)c(C)c3)c3cc(C)c(C(C)C)c(C)c3)c3c4ccccc4n5c23)cc(C)c1C(C)C. The van der Waals surface area contributed by atoms with Crippen LogP contribution in [0.5, 0.6) is 0 Å². The van der Waals surface area contributed by atoms with E-state index < -0.39 is 0 Å². The van der Waals surface area contributed by atoms with Crippen molar-refractivity contribution in [2.24, 2.45) is 0 Å². The van der Waals surface area contributed by atoms with Gasteiger partial charge in [0.05, 0.1) is 44.5 Å². The fourth-order valence-electron chi connectivity index (χ4n) is 17.7. The number of benzene rings is 11. The average molecular weight is 1170 g/mol. The van der Waals surface area contributed by atoms with Crippen molar-refractivity contribution in [3.05, 3.63) is 249 Å². The molecule has 15 aromatic rings. The van der Waals surface area contributed by atoms with Crippen LogP contribution in [0.25, 0.3) is 98.4 Å². The predicted molar refractivity (Wildman–Crippen MR) is 390 cm³/mol. The maximum Gasteiger partial charge on any atom is 0.0642 e. The van der Waals surface area contributed by atoms with Gasteiger partial charge >= 0.3 is 0 Å². The highest BCUT2D eigenvalue weighted by atomic mass is 15.2. The van der Waals surface area contributed by atoms with E-state index in [9.17, 15) is 0 Å². The largest absolute Gasteiger partial charge is 0.310 e. The van der Waals surface area contributed by atoms with Crippen molar-refractivity contribution >= 4 is 110 Å². The number of nitrogens with zero attached hydrogens (tertiary/aromatic N) is 4. The summed E-state index contributed by atoms with van der Waals surface area (Å²) in [4.78, 5) is 5.18. The van der Waals surface area contributed by atoms with Crippen LogP contribution in [0, 0.1) is 55.4 Å². The molecule has 0 radical (unpaired) electrons. The van der Waals surface area contributed by atoms with E-state index in [1.165, 1.54) is 199 Å². The van der Waals surface area contributed by atoms with Crippen LogP contribution in [0.1, 0.15) is 146 Å². The molecule has 0 unspecified atom stereocenters. The topological polar surface area (TPSA) is 15.3 Å². The lowest BCUT2D eigenvalue weighted by Crippen LogP contribution is -2.13. The van der Waals surface area contributed by atoms with Crippen LogP contribution in [0.15, 0.2) is 182 Å². The number of aromatic nitrogens is 2. The van der Waals surface area contributed by atoms with Gasteiger partial charge in [-0.25, -0.2) is 0 Å². The first-order chi connectivity index (χ1) is 43.3. The van der Waals surface area contributed by atoms with E-state index in [1.54, 1.807) is 0 Å². The highest BCUT2D eigenvalue weighted by Crippen LogP contribution is 2.58. The third kappa shape index (κ3) is 8.32. The van der Waals surface area contributed by atoms with Crippen molar-refractivity contribution in [1.82, 2.24) is 8.80 Å². The number of para-hydroxylation sites is 2. The molecule has 4 aromatic heterocycles. The van der Waals surface area contributed by atoms with Gasteiger partial charge in [-0.15, -0.1) is 0 Å². The maximum atomic E-state index is 2.68. The smallest absolute Gasteiger partial charge is 0.0642 e. The van der Waals surface area contributed by atoms with Crippen molar-refractivity contribution < 1.29 is 0 Å².